The maximum absolute atomic E-state index is 9.75. The number of nitrogens with zero attached hydrogens (tertiary/aromatic N) is 2. The highest BCUT2D eigenvalue weighted by Crippen LogP contribution is 2.06. The van der Waals surface area contributed by atoms with Crippen molar-refractivity contribution in [2.24, 2.45) is 10.2 Å². The number of nitrogens with one attached hydrogen (secondary N) is 2. The van der Waals surface area contributed by atoms with Crippen LogP contribution in [0.5, 0.6) is 0 Å². The van der Waals surface area contributed by atoms with E-state index in [-0.39, 0.29) is 5.71 Å². The fraction of sp³-hybridized carbons (Fsp3) is 0.125. The molecule has 0 aliphatic carbocycles. The normalized spacial score (nSPS) is 13.1. The van der Waals surface area contributed by atoms with E-state index in [1.54, 1.807) is 0 Å². The van der Waals surface area contributed by atoms with E-state index in [1.807, 2.05) is 60.7 Å². The lowest BCUT2D eigenvalue weighted by Crippen LogP contribution is -2.27. The van der Waals surface area contributed by atoms with Gasteiger partial charge in [0.2, 0.25) is 0 Å². The van der Waals surface area contributed by atoms with Crippen LogP contribution in [-0.2, 0) is 0 Å². The third-order valence-corrected chi connectivity index (χ3v) is 2.77. The van der Waals surface area contributed by atoms with Crippen molar-refractivity contribution in [3.05, 3.63) is 60.7 Å². The molecule has 0 fully saturated rings. The average molecular weight is 298 g/mol. The molecule has 0 amide bonds. The van der Waals surface area contributed by atoms with Gasteiger partial charge in [-0.2, -0.15) is 10.2 Å². The predicted octanol–water partition coefficient (Wildman–Crippen LogP) is 1.91. The first kappa shape index (κ1) is 15.7. The molecule has 0 aromatic heterocycles. The summed E-state index contributed by atoms with van der Waals surface area (Å²) in [6.07, 6.45) is 0.252. The van der Waals surface area contributed by atoms with Crippen molar-refractivity contribution in [2.45, 2.75) is 6.10 Å². The monoisotopic (exact) mass is 298 g/mol. The van der Waals surface area contributed by atoms with E-state index in [4.69, 9.17) is 5.11 Å². The first-order valence-corrected chi connectivity index (χ1v) is 6.81. The molecule has 0 heterocycles. The number of anilines is 2. The molecule has 0 unspecified atom stereocenters. The van der Waals surface area contributed by atoms with Crippen molar-refractivity contribution in [1.29, 1.82) is 0 Å². The van der Waals surface area contributed by atoms with Crippen LogP contribution >= 0.6 is 0 Å². The zero-order valence-corrected chi connectivity index (χ0v) is 11.9. The van der Waals surface area contributed by atoms with Crippen LogP contribution in [0, 0.1) is 0 Å². The molecule has 2 aromatic carbocycles. The van der Waals surface area contributed by atoms with E-state index < -0.39 is 12.7 Å². The molecule has 0 saturated heterocycles. The maximum atomic E-state index is 9.75. The second-order valence-corrected chi connectivity index (χ2v) is 4.45. The van der Waals surface area contributed by atoms with Gasteiger partial charge in [0, 0.05) is 0 Å². The summed E-state index contributed by atoms with van der Waals surface area (Å²) < 4.78 is 0. The average Bonchev–Trinajstić information content (AvgIpc) is 2.59. The van der Waals surface area contributed by atoms with Crippen molar-refractivity contribution < 1.29 is 10.2 Å². The highest BCUT2D eigenvalue weighted by atomic mass is 16.3. The number of benzene rings is 2. The molecule has 6 heteroatoms. The van der Waals surface area contributed by atoms with E-state index in [0.29, 0.717) is 0 Å². The Balaban J connectivity index is 2.02. The summed E-state index contributed by atoms with van der Waals surface area (Å²) in [5.74, 6) is 0. The summed E-state index contributed by atoms with van der Waals surface area (Å²) in [6, 6.07) is 18.7. The molecule has 0 aliphatic heterocycles. The number of para-hydroxylation sites is 2. The minimum absolute atomic E-state index is 0.217. The fourth-order valence-electron chi connectivity index (χ4n) is 1.61. The van der Waals surface area contributed by atoms with Crippen molar-refractivity contribution in [2.75, 3.05) is 17.5 Å². The molecule has 22 heavy (non-hydrogen) atoms. The summed E-state index contributed by atoms with van der Waals surface area (Å²) in [7, 11) is 0. The lowest BCUT2D eigenvalue weighted by molar-refractivity contribution is 0.146. The van der Waals surface area contributed by atoms with Crippen molar-refractivity contribution >= 4 is 23.3 Å². The quantitative estimate of drug-likeness (QED) is 0.464. The summed E-state index contributed by atoms with van der Waals surface area (Å²) >= 11 is 0. The van der Waals surface area contributed by atoms with Gasteiger partial charge < -0.3 is 10.2 Å². The Hall–Kier alpha value is -2.70. The van der Waals surface area contributed by atoms with Crippen molar-refractivity contribution in [3.63, 3.8) is 0 Å². The van der Waals surface area contributed by atoms with Crippen LogP contribution in [0.4, 0.5) is 11.4 Å². The molecule has 0 bridgehead atoms. The summed E-state index contributed by atoms with van der Waals surface area (Å²) in [6.45, 7) is -0.438. The molecule has 4 N–H and O–H groups in total. The molecule has 2 aromatic rings. The van der Waals surface area contributed by atoms with Crippen LogP contribution in [0.3, 0.4) is 0 Å². The molecule has 1 atom stereocenters. The van der Waals surface area contributed by atoms with Gasteiger partial charge in [0.1, 0.15) is 11.8 Å². The molecule has 0 spiro atoms. The van der Waals surface area contributed by atoms with Gasteiger partial charge in [-0.3, -0.25) is 10.9 Å². The Bertz CT molecular complexity index is 615. The lowest BCUT2D eigenvalue weighted by Gasteiger charge is -2.08. The molecule has 0 saturated carbocycles. The van der Waals surface area contributed by atoms with Gasteiger partial charge in [0.25, 0.3) is 0 Å². The lowest BCUT2D eigenvalue weighted by atomic mass is 10.2. The molecular formula is C16H18N4O2. The Morgan fingerprint density at radius 2 is 1.50 bits per heavy atom. The van der Waals surface area contributed by atoms with Gasteiger partial charge in [0.05, 0.1) is 24.2 Å². The van der Waals surface area contributed by atoms with E-state index >= 15 is 0 Å². The van der Waals surface area contributed by atoms with Gasteiger partial charge in [-0.15, -0.1) is 0 Å². The molecule has 0 radical (unpaired) electrons. The number of aliphatic hydroxyl groups is 2. The van der Waals surface area contributed by atoms with E-state index in [9.17, 15) is 5.11 Å². The number of aliphatic hydroxyl groups excluding tert-OH is 2. The van der Waals surface area contributed by atoms with Crippen LogP contribution in [-0.4, -0.2) is 34.9 Å². The van der Waals surface area contributed by atoms with Crippen LogP contribution < -0.4 is 10.9 Å². The van der Waals surface area contributed by atoms with E-state index in [1.165, 1.54) is 6.21 Å². The van der Waals surface area contributed by atoms with Crippen molar-refractivity contribution in [3.8, 4) is 0 Å². The SMILES string of the molecule is OC[C@@H](O)C(/C=N/Nc1ccccc1)=NNc1ccccc1. The maximum Gasteiger partial charge on any atom is 0.122 e. The minimum atomic E-state index is -1.11. The number of hydrogen-bond donors (Lipinski definition) is 4. The minimum Gasteiger partial charge on any atom is -0.393 e. The second-order valence-electron chi connectivity index (χ2n) is 4.45. The summed E-state index contributed by atoms with van der Waals surface area (Å²) in [4.78, 5) is 0. The number of rotatable bonds is 7. The van der Waals surface area contributed by atoms with Gasteiger partial charge in [-0.25, -0.2) is 0 Å². The second kappa shape index (κ2) is 8.56. The van der Waals surface area contributed by atoms with Crippen molar-refractivity contribution in [1.82, 2.24) is 0 Å². The van der Waals surface area contributed by atoms with Gasteiger partial charge in [-0.05, 0) is 24.3 Å². The molecule has 2 rings (SSSR count). The van der Waals surface area contributed by atoms with Crippen LogP contribution in [0.15, 0.2) is 70.9 Å². The summed E-state index contributed by atoms with van der Waals surface area (Å²) in [5.41, 5.74) is 7.43. The Morgan fingerprint density at radius 3 is 2.05 bits per heavy atom. The summed E-state index contributed by atoms with van der Waals surface area (Å²) in [5, 5.41) is 26.9. The molecular weight excluding hydrogens is 280 g/mol. The fourth-order valence-corrected chi connectivity index (χ4v) is 1.61. The number of hydrogen-bond acceptors (Lipinski definition) is 6. The first-order valence-electron chi connectivity index (χ1n) is 6.81. The van der Waals surface area contributed by atoms with Gasteiger partial charge >= 0.3 is 0 Å². The van der Waals surface area contributed by atoms with Crippen LogP contribution in [0.2, 0.25) is 0 Å². The third-order valence-electron chi connectivity index (χ3n) is 2.77. The standard InChI is InChI=1S/C16H18N4O2/c21-12-16(22)15(20-19-14-9-5-2-6-10-14)11-17-18-13-7-3-1-4-8-13/h1-11,16,18-19,21-22H,12H2/b17-11+,20-15?/t16-/m1/s1. The highest BCUT2D eigenvalue weighted by molar-refractivity contribution is 6.32. The first-order chi connectivity index (χ1) is 10.8. The molecule has 114 valence electrons. The zero-order chi connectivity index (χ0) is 15.6. The number of hydrazone groups is 2. The van der Waals surface area contributed by atoms with Gasteiger partial charge in [0.15, 0.2) is 0 Å². The zero-order valence-electron chi connectivity index (χ0n) is 11.9. The predicted molar refractivity (Wildman–Crippen MR) is 89.1 cm³/mol. The van der Waals surface area contributed by atoms with Crippen LogP contribution in [0.25, 0.3) is 0 Å². The van der Waals surface area contributed by atoms with Crippen LogP contribution in [0.1, 0.15) is 0 Å². The van der Waals surface area contributed by atoms with Gasteiger partial charge in [-0.1, -0.05) is 36.4 Å². The highest BCUT2D eigenvalue weighted by Gasteiger charge is 2.09. The topological polar surface area (TPSA) is 89.2 Å². The largest absolute Gasteiger partial charge is 0.393 e. The van der Waals surface area contributed by atoms with E-state index in [2.05, 4.69) is 21.1 Å². The Kier molecular flexibility index (Phi) is 6.10. The molecule has 0 aliphatic rings. The molecule has 6 nitrogen and oxygen atoms in total. The Labute approximate surface area is 128 Å². The van der Waals surface area contributed by atoms with E-state index in [0.717, 1.165) is 11.4 Å². The smallest absolute Gasteiger partial charge is 0.122 e. The Morgan fingerprint density at radius 1 is 0.955 bits per heavy atom. The third kappa shape index (κ3) is 5.01.